The highest BCUT2D eigenvalue weighted by Crippen LogP contribution is 2.22. The lowest BCUT2D eigenvalue weighted by atomic mass is 10.2. The maximum Gasteiger partial charge on any atom is 0.238 e. The fraction of sp³-hybridized carbons (Fsp3) is 0.136. The van der Waals surface area contributed by atoms with Crippen molar-refractivity contribution in [3.8, 4) is 11.5 Å². The van der Waals surface area contributed by atoms with E-state index < -0.39 is 0 Å². The number of hydrogen-bond donors (Lipinski definition) is 1. The van der Waals surface area contributed by atoms with Crippen LogP contribution >= 0.6 is 0 Å². The van der Waals surface area contributed by atoms with Gasteiger partial charge in [-0.2, -0.15) is 0 Å². The second kappa shape index (κ2) is 8.96. The van der Waals surface area contributed by atoms with Gasteiger partial charge in [0.05, 0.1) is 6.54 Å². The Kier molecular flexibility index (Phi) is 6.18. The average molecular weight is 364 g/mol. The van der Waals surface area contributed by atoms with E-state index in [0.29, 0.717) is 23.5 Å². The lowest BCUT2D eigenvalue weighted by Gasteiger charge is -2.17. The van der Waals surface area contributed by atoms with Crippen LogP contribution in [0.25, 0.3) is 0 Å². The van der Waals surface area contributed by atoms with Crippen LogP contribution in [-0.4, -0.2) is 24.4 Å². The molecule has 0 spiro atoms. The van der Waals surface area contributed by atoms with Crippen LogP contribution in [0.15, 0.2) is 78.9 Å². The minimum absolute atomic E-state index is 0.162. The van der Waals surface area contributed by atoms with Crippen LogP contribution in [0, 0.1) is 5.82 Å². The molecule has 3 aromatic rings. The topological polar surface area (TPSA) is 41.6 Å². The summed E-state index contributed by atoms with van der Waals surface area (Å²) < 4.78 is 19.4. The molecular formula is C22H21FN2O2. The van der Waals surface area contributed by atoms with Crippen LogP contribution in [0.1, 0.15) is 5.56 Å². The number of halogens is 1. The highest BCUT2D eigenvalue weighted by Gasteiger charge is 2.10. The lowest BCUT2D eigenvalue weighted by Crippen LogP contribution is -2.30. The third-order valence-electron chi connectivity index (χ3n) is 3.93. The molecular weight excluding hydrogens is 343 g/mol. The molecule has 0 aliphatic rings. The number of likely N-dealkylation sites (N-methyl/N-ethyl adjacent to an activating group) is 1. The molecule has 0 heterocycles. The molecule has 0 saturated heterocycles. The van der Waals surface area contributed by atoms with Gasteiger partial charge in [-0.25, -0.2) is 4.39 Å². The molecule has 27 heavy (non-hydrogen) atoms. The Morgan fingerprint density at radius 1 is 0.926 bits per heavy atom. The predicted molar refractivity (Wildman–Crippen MR) is 104 cm³/mol. The van der Waals surface area contributed by atoms with E-state index in [-0.39, 0.29) is 18.3 Å². The minimum atomic E-state index is -0.265. The van der Waals surface area contributed by atoms with Crippen molar-refractivity contribution in [3.05, 3.63) is 90.2 Å². The van der Waals surface area contributed by atoms with Crippen molar-refractivity contribution >= 4 is 11.6 Å². The van der Waals surface area contributed by atoms with Crippen LogP contribution in [0.3, 0.4) is 0 Å². The molecule has 0 radical (unpaired) electrons. The summed E-state index contributed by atoms with van der Waals surface area (Å²) in [4.78, 5) is 14.0. The summed E-state index contributed by atoms with van der Waals surface area (Å²) in [5.41, 5.74) is 1.25. The molecule has 0 unspecified atom stereocenters. The number of amides is 1. The smallest absolute Gasteiger partial charge is 0.238 e. The van der Waals surface area contributed by atoms with E-state index in [1.807, 2.05) is 30.3 Å². The van der Waals surface area contributed by atoms with Crippen LogP contribution < -0.4 is 10.1 Å². The lowest BCUT2D eigenvalue weighted by molar-refractivity contribution is -0.117. The van der Waals surface area contributed by atoms with Crippen molar-refractivity contribution in [2.45, 2.75) is 6.54 Å². The van der Waals surface area contributed by atoms with E-state index in [1.165, 1.54) is 6.07 Å². The standard InChI is InChI=1S/C22H21FN2O2/c1-25(15-17-7-5-6-10-21(17)23)16-22(26)24-18-11-13-20(14-12-18)27-19-8-3-2-4-9-19/h2-14H,15-16H2,1H3,(H,24,26). The van der Waals surface area contributed by atoms with Gasteiger partial charge in [0.1, 0.15) is 17.3 Å². The average Bonchev–Trinajstić information content (AvgIpc) is 2.66. The summed E-state index contributed by atoms with van der Waals surface area (Å²) in [7, 11) is 1.78. The summed E-state index contributed by atoms with van der Waals surface area (Å²) in [5, 5.41) is 2.83. The molecule has 138 valence electrons. The first-order chi connectivity index (χ1) is 13.1. The summed E-state index contributed by atoms with van der Waals surface area (Å²) in [6.45, 7) is 0.528. The van der Waals surface area contributed by atoms with Crippen LogP contribution in [-0.2, 0) is 11.3 Å². The van der Waals surface area contributed by atoms with Gasteiger partial charge in [0, 0.05) is 17.8 Å². The largest absolute Gasteiger partial charge is 0.457 e. The van der Waals surface area contributed by atoms with Gasteiger partial charge in [0.25, 0.3) is 0 Å². The molecule has 4 nitrogen and oxygen atoms in total. The van der Waals surface area contributed by atoms with Gasteiger partial charge in [0.2, 0.25) is 5.91 Å². The first-order valence-electron chi connectivity index (χ1n) is 8.65. The fourth-order valence-electron chi connectivity index (χ4n) is 2.65. The van der Waals surface area contributed by atoms with E-state index >= 15 is 0 Å². The summed E-state index contributed by atoms with van der Waals surface area (Å²) in [6.07, 6.45) is 0. The van der Waals surface area contributed by atoms with Crippen LogP contribution in [0.4, 0.5) is 10.1 Å². The Balaban J connectivity index is 1.51. The van der Waals surface area contributed by atoms with Gasteiger partial charge < -0.3 is 10.1 Å². The molecule has 0 fully saturated rings. The first kappa shape index (κ1) is 18.6. The van der Waals surface area contributed by atoms with Gasteiger partial charge in [-0.3, -0.25) is 9.69 Å². The van der Waals surface area contributed by atoms with E-state index in [4.69, 9.17) is 4.74 Å². The highest BCUT2D eigenvalue weighted by atomic mass is 19.1. The van der Waals surface area contributed by atoms with E-state index in [1.54, 1.807) is 54.4 Å². The molecule has 0 aliphatic heterocycles. The number of carbonyl (C=O) groups is 1. The van der Waals surface area contributed by atoms with E-state index in [0.717, 1.165) is 5.75 Å². The summed E-state index contributed by atoms with van der Waals surface area (Å²) in [5.74, 6) is 1.02. The quantitative estimate of drug-likeness (QED) is 0.661. The molecule has 1 N–H and O–H groups in total. The van der Waals surface area contributed by atoms with Crippen molar-refractivity contribution in [1.82, 2.24) is 4.90 Å². The van der Waals surface area contributed by atoms with Crippen LogP contribution in [0.2, 0.25) is 0 Å². The van der Waals surface area contributed by atoms with Crippen LogP contribution in [0.5, 0.6) is 11.5 Å². The van der Waals surface area contributed by atoms with Crippen molar-refractivity contribution in [2.24, 2.45) is 0 Å². The second-order valence-corrected chi connectivity index (χ2v) is 6.25. The van der Waals surface area contributed by atoms with Gasteiger partial charge >= 0.3 is 0 Å². The molecule has 5 heteroatoms. The number of ether oxygens (including phenoxy) is 1. The number of nitrogens with one attached hydrogen (secondary N) is 1. The number of nitrogens with zero attached hydrogens (tertiary/aromatic N) is 1. The third kappa shape index (κ3) is 5.66. The number of benzene rings is 3. The highest BCUT2D eigenvalue weighted by molar-refractivity contribution is 5.92. The van der Waals surface area contributed by atoms with E-state index in [2.05, 4.69) is 5.32 Å². The zero-order valence-electron chi connectivity index (χ0n) is 15.1. The number of anilines is 1. The van der Waals surface area contributed by atoms with Gasteiger partial charge in [-0.1, -0.05) is 36.4 Å². The number of rotatable bonds is 7. The van der Waals surface area contributed by atoms with Crippen molar-refractivity contribution in [3.63, 3.8) is 0 Å². The zero-order chi connectivity index (χ0) is 19.1. The minimum Gasteiger partial charge on any atom is -0.457 e. The summed E-state index contributed by atoms with van der Waals surface area (Å²) >= 11 is 0. The number of para-hydroxylation sites is 1. The number of hydrogen-bond acceptors (Lipinski definition) is 3. The monoisotopic (exact) mass is 364 g/mol. The molecule has 3 aromatic carbocycles. The van der Waals surface area contributed by atoms with E-state index in [9.17, 15) is 9.18 Å². The molecule has 1 amide bonds. The maximum atomic E-state index is 13.7. The molecule has 3 rings (SSSR count). The first-order valence-corrected chi connectivity index (χ1v) is 8.65. The Labute approximate surface area is 158 Å². The maximum absolute atomic E-state index is 13.7. The third-order valence-corrected chi connectivity index (χ3v) is 3.93. The fourth-order valence-corrected chi connectivity index (χ4v) is 2.65. The molecule has 0 atom stereocenters. The molecule has 0 aromatic heterocycles. The Morgan fingerprint density at radius 3 is 2.26 bits per heavy atom. The normalized spacial score (nSPS) is 10.6. The zero-order valence-corrected chi connectivity index (χ0v) is 15.1. The Morgan fingerprint density at radius 2 is 1.56 bits per heavy atom. The molecule has 0 saturated carbocycles. The Bertz CT molecular complexity index is 882. The van der Waals surface area contributed by atoms with Gasteiger partial charge in [-0.15, -0.1) is 0 Å². The second-order valence-electron chi connectivity index (χ2n) is 6.25. The Hall–Kier alpha value is -3.18. The summed E-state index contributed by atoms with van der Waals surface area (Å²) in [6, 6.07) is 23.2. The van der Waals surface area contributed by atoms with Gasteiger partial charge in [0.15, 0.2) is 0 Å². The van der Waals surface area contributed by atoms with Crippen molar-refractivity contribution in [2.75, 3.05) is 18.9 Å². The molecule has 0 aliphatic carbocycles. The van der Waals surface area contributed by atoms with Gasteiger partial charge in [-0.05, 0) is 49.5 Å². The van der Waals surface area contributed by atoms with Crippen molar-refractivity contribution < 1.29 is 13.9 Å². The predicted octanol–water partition coefficient (Wildman–Crippen LogP) is 4.69. The number of carbonyl (C=O) groups excluding carboxylic acids is 1. The molecule has 0 bridgehead atoms. The van der Waals surface area contributed by atoms with Crippen molar-refractivity contribution in [1.29, 1.82) is 0 Å². The SMILES string of the molecule is CN(CC(=O)Nc1ccc(Oc2ccccc2)cc1)Cc1ccccc1F.